The number of benzene rings is 1. The summed E-state index contributed by atoms with van der Waals surface area (Å²) in [5.41, 5.74) is 2.21. The Kier molecular flexibility index (Phi) is 4.59. The molecule has 1 saturated heterocycles. The van der Waals surface area contributed by atoms with E-state index in [1.807, 2.05) is 17.0 Å². The molecule has 0 bridgehead atoms. The molecule has 0 atom stereocenters. The summed E-state index contributed by atoms with van der Waals surface area (Å²) in [6, 6.07) is 8.20. The van der Waals surface area contributed by atoms with Crippen LogP contribution in [0.5, 0.6) is 0 Å². The van der Waals surface area contributed by atoms with Gasteiger partial charge in [0.1, 0.15) is 0 Å². The fraction of sp³-hybridized carbons (Fsp3) is 0.500. The van der Waals surface area contributed by atoms with Gasteiger partial charge in [0.25, 0.3) is 0 Å². The monoisotopic (exact) mass is 247 g/mol. The van der Waals surface area contributed by atoms with Gasteiger partial charge in [0.05, 0.1) is 0 Å². The maximum atomic E-state index is 11.8. The molecule has 1 aliphatic heterocycles. The Morgan fingerprint density at radius 2 is 2.33 bits per heavy atom. The first kappa shape index (κ1) is 12.9. The van der Waals surface area contributed by atoms with Crippen molar-refractivity contribution < 1.29 is 4.79 Å². The summed E-state index contributed by atoms with van der Waals surface area (Å²) in [6.07, 6.45) is 2.14. The van der Waals surface area contributed by atoms with Gasteiger partial charge in [-0.25, -0.2) is 4.79 Å². The maximum Gasteiger partial charge on any atom is 0.321 e. The molecule has 4 nitrogen and oxygen atoms in total. The van der Waals surface area contributed by atoms with Gasteiger partial charge in [-0.1, -0.05) is 19.1 Å². The summed E-state index contributed by atoms with van der Waals surface area (Å²) in [5, 5.41) is 6.25. The van der Waals surface area contributed by atoms with E-state index in [2.05, 4.69) is 29.7 Å². The molecular formula is C14H21N3O. The Labute approximate surface area is 108 Å². The van der Waals surface area contributed by atoms with Gasteiger partial charge >= 0.3 is 6.03 Å². The number of nitrogens with one attached hydrogen (secondary N) is 2. The van der Waals surface area contributed by atoms with Gasteiger partial charge in [-0.05, 0) is 37.1 Å². The van der Waals surface area contributed by atoms with E-state index in [9.17, 15) is 4.79 Å². The Morgan fingerprint density at radius 3 is 3.11 bits per heavy atom. The van der Waals surface area contributed by atoms with E-state index in [1.54, 1.807) is 0 Å². The average Bonchev–Trinajstić information content (AvgIpc) is 2.40. The van der Waals surface area contributed by atoms with Crippen LogP contribution >= 0.6 is 0 Å². The second kappa shape index (κ2) is 6.40. The third-order valence-corrected chi connectivity index (χ3v) is 3.06. The van der Waals surface area contributed by atoms with Gasteiger partial charge in [0.15, 0.2) is 0 Å². The Hall–Kier alpha value is -1.55. The average molecular weight is 247 g/mol. The van der Waals surface area contributed by atoms with E-state index in [-0.39, 0.29) is 6.03 Å². The molecule has 2 N–H and O–H groups in total. The predicted octanol–water partition coefficient (Wildman–Crippen LogP) is 2.11. The third-order valence-electron chi connectivity index (χ3n) is 3.06. The summed E-state index contributed by atoms with van der Waals surface area (Å²) in [5.74, 6) is 0. The Morgan fingerprint density at radius 1 is 1.44 bits per heavy atom. The fourth-order valence-corrected chi connectivity index (χ4v) is 2.12. The van der Waals surface area contributed by atoms with Crippen molar-refractivity contribution in [2.45, 2.75) is 26.3 Å². The highest BCUT2D eigenvalue weighted by Gasteiger charge is 2.18. The second-order valence-corrected chi connectivity index (χ2v) is 4.58. The molecule has 4 heteroatoms. The van der Waals surface area contributed by atoms with Crippen molar-refractivity contribution in [3.8, 4) is 0 Å². The highest BCUT2D eigenvalue weighted by Crippen LogP contribution is 2.18. The van der Waals surface area contributed by atoms with Crippen LogP contribution in [0.1, 0.15) is 25.3 Å². The van der Waals surface area contributed by atoms with Crippen LogP contribution in [0.15, 0.2) is 24.3 Å². The fourth-order valence-electron chi connectivity index (χ4n) is 2.12. The summed E-state index contributed by atoms with van der Waals surface area (Å²) in [6.45, 7) is 5.62. The van der Waals surface area contributed by atoms with Crippen LogP contribution in [0.3, 0.4) is 0 Å². The summed E-state index contributed by atoms with van der Waals surface area (Å²) in [4.78, 5) is 13.6. The standard InChI is InChI=1S/C14H21N3O/c1-2-7-15-11-12-5-3-6-13(10-12)17-9-4-8-16-14(17)18/h3,5-6,10,15H,2,4,7-9,11H2,1H3,(H,16,18). The number of rotatable bonds is 5. The number of nitrogens with zero attached hydrogens (tertiary/aromatic N) is 1. The molecule has 1 aromatic carbocycles. The predicted molar refractivity (Wildman–Crippen MR) is 73.8 cm³/mol. The number of hydrogen-bond acceptors (Lipinski definition) is 2. The summed E-state index contributed by atoms with van der Waals surface area (Å²) < 4.78 is 0. The number of urea groups is 1. The first-order chi connectivity index (χ1) is 8.81. The number of carbonyl (C=O) groups is 1. The second-order valence-electron chi connectivity index (χ2n) is 4.58. The highest BCUT2D eigenvalue weighted by molar-refractivity contribution is 5.92. The van der Waals surface area contributed by atoms with Gasteiger partial charge in [-0.3, -0.25) is 4.90 Å². The van der Waals surface area contributed by atoms with Crippen LogP contribution in [-0.4, -0.2) is 25.7 Å². The van der Waals surface area contributed by atoms with Crippen LogP contribution in [0, 0.1) is 0 Å². The minimum atomic E-state index is 0.0138. The smallest absolute Gasteiger partial charge is 0.321 e. The van der Waals surface area contributed by atoms with Crippen molar-refractivity contribution in [2.24, 2.45) is 0 Å². The van der Waals surface area contributed by atoms with Gasteiger partial charge < -0.3 is 10.6 Å². The molecule has 98 valence electrons. The number of carbonyl (C=O) groups excluding carboxylic acids is 1. The molecule has 1 fully saturated rings. The topological polar surface area (TPSA) is 44.4 Å². The van der Waals surface area contributed by atoms with E-state index in [4.69, 9.17) is 0 Å². The quantitative estimate of drug-likeness (QED) is 0.783. The lowest BCUT2D eigenvalue weighted by atomic mass is 10.1. The summed E-state index contributed by atoms with van der Waals surface area (Å²) >= 11 is 0. The van der Waals surface area contributed by atoms with Gasteiger partial charge in [0.2, 0.25) is 0 Å². The SMILES string of the molecule is CCCNCc1cccc(N2CCCNC2=O)c1. The molecule has 0 aliphatic carbocycles. The van der Waals surface area contributed by atoms with E-state index in [0.29, 0.717) is 0 Å². The first-order valence-corrected chi connectivity index (χ1v) is 6.66. The molecule has 0 saturated carbocycles. The van der Waals surface area contributed by atoms with Crippen LogP contribution in [0.4, 0.5) is 10.5 Å². The van der Waals surface area contributed by atoms with Crippen molar-refractivity contribution in [2.75, 3.05) is 24.5 Å². The molecule has 18 heavy (non-hydrogen) atoms. The molecule has 2 amide bonds. The Bertz CT molecular complexity index is 406. The molecule has 0 aromatic heterocycles. The van der Waals surface area contributed by atoms with Crippen LogP contribution in [0.2, 0.25) is 0 Å². The van der Waals surface area contributed by atoms with Crippen LogP contribution in [-0.2, 0) is 6.54 Å². The molecular weight excluding hydrogens is 226 g/mol. The van der Waals surface area contributed by atoms with Crippen molar-refractivity contribution >= 4 is 11.7 Å². The molecule has 1 heterocycles. The zero-order valence-corrected chi connectivity index (χ0v) is 10.9. The lowest BCUT2D eigenvalue weighted by Gasteiger charge is -2.27. The zero-order valence-electron chi connectivity index (χ0n) is 10.9. The third kappa shape index (κ3) is 3.23. The van der Waals surface area contributed by atoms with E-state index < -0.39 is 0 Å². The molecule has 1 aliphatic rings. The van der Waals surface area contributed by atoms with E-state index >= 15 is 0 Å². The summed E-state index contributed by atoms with van der Waals surface area (Å²) in [7, 11) is 0. The zero-order chi connectivity index (χ0) is 12.8. The lowest BCUT2D eigenvalue weighted by molar-refractivity contribution is 0.243. The maximum absolute atomic E-state index is 11.8. The largest absolute Gasteiger partial charge is 0.338 e. The van der Waals surface area contributed by atoms with Crippen molar-refractivity contribution in [1.29, 1.82) is 0 Å². The van der Waals surface area contributed by atoms with E-state index in [1.165, 1.54) is 5.56 Å². The number of anilines is 1. The van der Waals surface area contributed by atoms with Gasteiger partial charge in [0, 0.05) is 25.3 Å². The van der Waals surface area contributed by atoms with Crippen LogP contribution < -0.4 is 15.5 Å². The first-order valence-electron chi connectivity index (χ1n) is 6.66. The molecule has 0 unspecified atom stereocenters. The number of amides is 2. The van der Waals surface area contributed by atoms with Gasteiger partial charge in [-0.15, -0.1) is 0 Å². The van der Waals surface area contributed by atoms with Crippen LogP contribution in [0.25, 0.3) is 0 Å². The molecule has 2 rings (SSSR count). The lowest BCUT2D eigenvalue weighted by Crippen LogP contribution is -2.46. The van der Waals surface area contributed by atoms with Crippen molar-refractivity contribution in [1.82, 2.24) is 10.6 Å². The van der Waals surface area contributed by atoms with Crippen molar-refractivity contribution in [3.63, 3.8) is 0 Å². The van der Waals surface area contributed by atoms with Gasteiger partial charge in [-0.2, -0.15) is 0 Å². The minimum Gasteiger partial charge on any atom is -0.338 e. The highest BCUT2D eigenvalue weighted by atomic mass is 16.2. The molecule has 0 spiro atoms. The van der Waals surface area contributed by atoms with Crippen molar-refractivity contribution in [3.05, 3.63) is 29.8 Å². The minimum absolute atomic E-state index is 0.0138. The molecule has 0 radical (unpaired) electrons. The number of hydrogen-bond donors (Lipinski definition) is 2. The Balaban J connectivity index is 2.03. The molecule has 1 aromatic rings. The van der Waals surface area contributed by atoms with E-state index in [0.717, 1.165) is 44.7 Å². The normalized spacial score (nSPS) is 15.6.